The predicted molar refractivity (Wildman–Crippen MR) is 103 cm³/mol. The molecule has 0 heterocycles. The smallest absolute Gasteiger partial charge is 0.377 e. The van der Waals surface area contributed by atoms with E-state index in [9.17, 15) is 0 Å². The molecule has 24 heavy (non-hydrogen) atoms. The van der Waals surface area contributed by atoms with Gasteiger partial charge in [0.25, 0.3) is 0 Å². The summed E-state index contributed by atoms with van der Waals surface area (Å²) in [6, 6.07) is 11.0. The molecule has 0 aliphatic rings. The van der Waals surface area contributed by atoms with Gasteiger partial charge in [0, 0.05) is 26.8 Å². The second-order valence-corrected chi connectivity index (χ2v) is 8.22. The molecular formula is C17H31ClN2O3Si. The highest BCUT2D eigenvalue weighted by Crippen LogP contribution is 2.22. The van der Waals surface area contributed by atoms with Crippen LogP contribution in [0.15, 0.2) is 43.1 Å². The minimum absolute atomic E-state index is 0. The number of nitrogens with zero attached hydrogens (tertiary/aromatic N) is 1. The van der Waals surface area contributed by atoms with Crippen LogP contribution >= 0.6 is 12.4 Å². The van der Waals surface area contributed by atoms with Crippen molar-refractivity contribution < 1.29 is 13.3 Å². The molecule has 0 amide bonds. The second kappa shape index (κ2) is 12.5. The first-order chi connectivity index (χ1) is 11.1. The van der Waals surface area contributed by atoms with E-state index in [4.69, 9.17) is 19.0 Å². The van der Waals surface area contributed by atoms with Gasteiger partial charge < -0.3 is 23.9 Å². The molecule has 2 N–H and O–H groups in total. The van der Waals surface area contributed by atoms with Gasteiger partial charge in [0.05, 0.1) is 0 Å². The van der Waals surface area contributed by atoms with Gasteiger partial charge in [0.1, 0.15) is 6.23 Å². The molecule has 1 aromatic rings. The molecule has 0 bridgehead atoms. The topological polar surface area (TPSA) is 57.0 Å². The van der Waals surface area contributed by atoms with Gasteiger partial charge in [-0.15, -0.1) is 12.4 Å². The first-order valence-corrected chi connectivity index (χ1v) is 9.98. The van der Waals surface area contributed by atoms with Gasteiger partial charge in [-0.3, -0.25) is 0 Å². The lowest BCUT2D eigenvalue weighted by Gasteiger charge is -2.36. The summed E-state index contributed by atoms with van der Waals surface area (Å²) in [6.45, 7) is 7.34. The molecule has 138 valence electrons. The van der Waals surface area contributed by atoms with Gasteiger partial charge in [-0.05, 0) is 31.1 Å². The number of halogens is 1. The predicted octanol–water partition coefficient (Wildman–Crippen LogP) is 3.39. The normalized spacial score (nSPS) is 12.3. The highest BCUT2D eigenvalue weighted by atomic mass is 35.5. The van der Waals surface area contributed by atoms with Crippen molar-refractivity contribution in [1.29, 1.82) is 0 Å². The van der Waals surface area contributed by atoms with E-state index in [0.717, 1.165) is 19.4 Å². The van der Waals surface area contributed by atoms with Gasteiger partial charge in [0.15, 0.2) is 0 Å². The Morgan fingerprint density at radius 3 is 2.33 bits per heavy atom. The number of hydrogen-bond donors (Lipinski definition) is 1. The molecule has 1 unspecified atom stereocenters. The summed E-state index contributed by atoms with van der Waals surface area (Å²) in [6.07, 6.45) is 3.30. The molecule has 0 aliphatic heterocycles. The van der Waals surface area contributed by atoms with Gasteiger partial charge in [0.2, 0.25) is 0 Å². The number of nitrogens with two attached hydrogens (primary N) is 1. The van der Waals surface area contributed by atoms with Crippen LogP contribution in [0.5, 0.6) is 0 Å². The van der Waals surface area contributed by atoms with E-state index in [-0.39, 0.29) is 18.6 Å². The lowest BCUT2D eigenvalue weighted by Crippen LogP contribution is -2.50. The van der Waals surface area contributed by atoms with Gasteiger partial charge in [-0.1, -0.05) is 43.8 Å². The van der Waals surface area contributed by atoms with Crippen LogP contribution < -0.4 is 5.73 Å². The highest BCUT2D eigenvalue weighted by molar-refractivity contribution is 6.60. The van der Waals surface area contributed by atoms with E-state index >= 15 is 0 Å². The molecule has 0 aromatic heterocycles. The molecule has 0 spiro atoms. The van der Waals surface area contributed by atoms with Gasteiger partial charge in [-0.2, -0.15) is 0 Å². The average molecular weight is 375 g/mol. The summed E-state index contributed by atoms with van der Waals surface area (Å²) >= 11 is 0. The number of benzene rings is 1. The fourth-order valence-corrected chi connectivity index (χ4v) is 4.67. The van der Waals surface area contributed by atoms with Crippen LogP contribution in [-0.4, -0.2) is 40.7 Å². The minimum Gasteiger partial charge on any atom is -0.377 e. The molecule has 1 aromatic carbocycles. The molecular weight excluding hydrogens is 344 g/mol. The van der Waals surface area contributed by atoms with Crippen molar-refractivity contribution in [3.63, 3.8) is 0 Å². The van der Waals surface area contributed by atoms with Crippen LogP contribution in [0.25, 0.3) is 0 Å². The maximum absolute atomic E-state index is 6.31. The summed E-state index contributed by atoms with van der Waals surface area (Å²) in [5.74, 6) is 0. The SMILES string of the molecule is C=CN(Cc1ccccc1)C(CC)O[Si](CCCN)(OC)OC.Cl. The van der Waals surface area contributed by atoms with Gasteiger partial charge in [-0.25, -0.2) is 0 Å². The lowest BCUT2D eigenvalue weighted by molar-refractivity contribution is -0.0186. The molecule has 5 nitrogen and oxygen atoms in total. The van der Waals surface area contributed by atoms with Gasteiger partial charge >= 0.3 is 8.80 Å². The molecule has 0 radical (unpaired) electrons. The first-order valence-electron chi connectivity index (χ1n) is 8.05. The Balaban J connectivity index is 0.00000529. The zero-order valence-corrected chi connectivity index (χ0v) is 16.8. The third kappa shape index (κ3) is 6.92. The Kier molecular flexibility index (Phi) is 12.0. The van der Waals surface area contributed by atoms with Crippen molar-refractivity contribution in [2.75, 3.05) is 20.8 Å². The summed E-state index contributed by atoms with van der Waals surface area (Å²) in [4.78, 5) is 2.08. The van der Waals surface area contributed by atoms with Crippen molar-refractivity contribution in [2.24, 2.45) is 5.73 Å². The fraction of sp³-hybridized carbons (Fsp3) is 0.529. The van der Waals surface area contributed by atoms with E-state index in [2.05, 4.69) is 30.5 Å². The van der Waals surface area contributed by atoms with Crippen molar-refractivity contribution in [3.05, 3.63) is 48.7 Å². The second-order valence-electron chi connectivity index (χ2n) is 5.30. The van der Waals surface area contributed by atoms with E-state index in [1.807, 2.05) is 24.4 Å². The third-order valence-electron chi connectivity index (χ3n) is 3.79. The lowest BCUT2D eigenvalue weighted by atomic mass is 10.2. The average Bonchev–Trinajstić information content (AvgIpc) is 2.62. The third-order valence-corrected chi connectivity index (χ3v) is 6.63. The quantitative estimate of drug-likeness (QED) is 0.449. The van der Waals surface area contributed by atoms with Crippen LogP contribution in [0.2, 0.25) is 6.04 Å². The Morgan fingerprint density at radius 2 is 1.88 bits per heavy atom. The van der Waals surface area contributed by atoms with E-state index < -0.39 is 8.80 Å². The molecule has 1 atom stereocenters. The Morgan fingerprint density at radius 1 is 1.25 bits per heavy atom. The minimum atomic E-state index is -2.71. The van der Waals surface area contributed by atoms with Crippen LogP contribution in [-0.2, 0) is 19.8 Å². The molecule has 1 rings (SSSR count). The maximum Gasteiger partial charge on any atom is 0.502 e. The van der Waals surface area contributed by atoms with Crippen LogP contribution in [0.1, 0.15) is 25.3 Å². The summed E-state index contributed by atoms with van der Waals surface area (Å²) in [7, 11) is 0.580. The van der Waals surface area contributed by atoms with Crippen LogP contribution in [0, 0.1) is 0 Å². The maximum atomic E-state index is 6.31. The van der Waals surface area contributed by atoms with Crippen molar-refractivity contribution >= 4 is 21.2 Å². The van der Waals surface area contributed by atoms with E-state index in [1.54, 1.807) is 14.2 Å². The first kappa shape index (κ1) is 23.1. The van der Waals surface area contributed by atoms with Crippen LogP contribution in [0.3, 0.4) is 0 Å². The highest BCUT2D eigenvalue weighted by Gasteiger charge is 2.41. The molecule has 0 aliphatic carbocycles. The van der Waals surface area contributed by atoms with Crippen LogP contribution in [0.4, 0.5) is 0 Å². The number of hydrogen-bond acceptors (Lipinski definition) is 5. The van der Waals surface area contributed by atoms with E-state index in [1.165, 1.54) is 5.56 Å². The number of rotatable bonds is 12. The summed E-state index contributed by atoms with van der Waals surface area (Å²) < 4.78 is 17.6. The van der Waals surface area contributed by atoms with Crippen molar-refractivity contribution in [2.45, 2.75) is 38.6 Å². The monoisotopic (exact) mass is 374 g/mol. The van der Waals surface area contributed by atoms with E-state index in [0.29, 0.717) is 12.6 Å². The molecule has 0 saturated carbocycles. The summed E-state index contributed by atoms with van der Waals surface area (Å²) in [5, 5.41) is 0. The largest absolute Gasteiger partial charge is 0.502 e. The fourth-order valence-electron chi connectivity index (χ4n) is 2.43. The molecule has 7 heteroatoms. The molecule has 0 saturated heterocycles. The Bertz CT molecular complexity index is 447. The standard InChI is InChI=1S/C17H30N2O3Si.ClH/c1-5-17(22-23(20-3,21-4)14-10-13-18)19(6-2)15-16-11-8-7-9-12-16;/h6-9,11-12,17H,2,5,10,13-15,18H2,1,3-4H3;1H. The summed E-state index contributed by atoms with van der Waals surface area (Å²) in [5.41, 5.74) is 6.83. The van der Waals surface area contributed by atoms with Crippen molar-refractivity contribution in [3.8, 4) is 0 Å². The van der Waals surface area contributed by atoms with Crippen molar-refractivity contribution in [1.82, 2.24) is 4.90 Å². The Hall–Kier alpha value is -0.893. The molecule has 0 fully saturated rings. The zero-order chi connectivity index (χ0) is 17.1. The zero-order valence-electron chi connectivity index (χ0n) is 14.9. The Labute approximate surface area is 153 Å².